The minimum Gasteiger partial charge on any atom is -0.312 e. The van der Waals surface area contributed by atoms with Crippen molar-refractivity contribution in [1.82, 2.24) is 14.5 Å². The van der Waals surface area contributed by atoms with Crippen LogP contribution in [0.4, 0.5) is 0 Å². The SMILES string of the molecule is CC1CCCCC1NCCn1ccn(C(C)C)c1=O. The molecule has 1 aliphatic rings. The van der Waals surface area contributed by atoms with Gasteiger partial charge in [-0.05, 0) is 32.6 Å². The number of hydrogen-bond acceptors (Lipinski definition) is 2. The predicted molar refractivity (Wildman–Crippen MR) is 78.5 cm³/mol. The lowest BCUT2D eigenvalue weighted by molar-refractivity contribution is 0.278. The molecule has 108 valence electrons. The van der Waals surface area contributed by atoms with Crippen molar-refractivity contribution in [1.29, 1.82) is 0 Å². The van der Waals surface area contributed by atoms with Crippen LogP contribution in [0, 0.1) is 5.92 Å². The second-order valence-corrected chi connectivity index (χ2v) is 6.10. The van der Waals surface area contributed by atoms with E-state index in [2.05, 4.69) is 12.2 Å². The number of hydrogen-bond donors (Lipinski definition) is 1. The van der Waals surface area contributed by atoms with Crippen LogP contribution in [0.5, 0.6) is 0 Å². The Morgan fingerprint density at radius 3 is 2.68 bits per heavy atom. The van der Waals surface area contributed by atoms with Gasteiger partial charge in [-0.3, -0.25) is 9.13 Å². The van der Waals surface area contributed by atoms with Gasteiger partial charge in [-0.15, -0.1) is 0 Å². The lowest BCUT2D eigenvalue weighted by atomic mass is 9.86. The normalized spacial score (nSPS) is 24.0. The van der Waals surface area contributed by atoms with Crippen molar-refractivity contribution in [3.8, 4) is 0 Å². The van der Waals surface area contributed by atoms with Crippen molar-refractivity contribution < 1.29 is 0 Å². The first-order chi connectivity index (χ1) is 9.09. The number of imidazole rings is 1. The number of rotatable bonds is 5. The summed E-state index contributed by atoms with van der Waals surface area (Å²) in [6.07, 6.45) is 9.11. The first-order valence-electron chi connectivity index (χ1n) is 7.60. The summed E-state index contributed by atoms with van der Waals surface area (Å²) in [6, 6.07) is 0.872. The van der Waals surface area contributed by atoms with Crippen molar-refractivity contribution in [3.05, 3.63) is 22.9 Å². The lowest BCUT2D eigenvalue weighted by Crippen LogP contribution is -2.39. The lowest BCUT2D eigenvalue weighted by Gasteiger charge is -2.29. The van der Waals surface area contributed by atoms with E-state index in [0.717, 1.165) is 19.0 Å². The Labute approximate surface area is 115 Å². The molecule has 2 rings (SSSR count). The summed E-state index contributed by atoms with van der Waals surface area (Å²) in [7, 11) is 0. The van der Waals surface area contributed by atoms with Gasteiger partial charge in [-0.1, -0.05) is 19.8 Å². The monoisotopic (exact) mass is 265 g/mol. The summed E-state index contributed by atoms with van der Waals surface area (Å²) in [6.45, 7) is 8.05. The molecule has 1 aromatic rings. The third-order valence-electron chi connectivity index (χ3n) is 4.30. The highest BCUT2D eigenvalue weighted by Crippen LogP contribution is 2.23. The maximum atomic E-state index is 12.1. The fourth-order valence-corrected chi connectivity index (χ4v) is 2.98. The van der Waals surface area contributed by atoms with Crippen molar-refractivity contribution in [3.63, 3.8) is 0 Å². The largest absolute Gasteiger partial charge is 0.328 e. The van der Waals surface area contributed by atoms with Gasteiger partial charge in [0, 0.05) is 37.6 Å². The second-order valence-electron chi connectivity index (χ2n) is 6.10. The molecule has 0 saturated heterocycles. The molecule has 1 fully saturated rings. The van der Waals surface area contributed by atoms with Crippen LogP contribution in [-0.4, -0.2) is 21.7 Å². The minimum absolute atomic E-state index is 0.105. The molecule has 0 amide bonds. The molecule has 0 aromatic carbocycles. The van der Waals surface area contributed by atoms with E-state index in [1.54, 1.807) is 9.13 Å². The molecule has 4 heteroatoms. The van der Waals surface area contributed by atoms with E-state index in [0.29, 0.717) is 6.04 Å². The molecule has 1 heterocycles. The molecule has 1 saturated carbocycles. The highest BCUT2D eigenvalue weighted by molar-refractivity contribution is 4.84. The maximum Gasteiger partial charge on any atom is 0.328 e. The Hall–Kier alpha value is -1.03. The van der Waals surface area contributed by atoms with Crippen LogP contribution in [0.3, 0.4) is 0 Å². The predicted octanol–water partition coefficient (Wildman–Crippen LogP) is 2.40. The number of nitrogens with one attached hydrogen (secondary N) is 1. The van der Waals surface area contributed by atoms with Crippen LogP contribution >= 0.6 is 0 Å². The van der Waals surface area contributed by atoms with Gasteiger partial charge in [0.15, 0.2) is 0 Å². The topological polar surface area (TPSA) is 39.0 Å². The molecule has 0 aliphatic heterocycles. The third-order valence-corrected chi connectivity index (χ3v) is 4.30. The van der Waals surface area contributed by atoms with E-state index >= 15 is 0 Å². The second kappa shape index (κ2) is 6.42. The Balaban J connectivity index is 1.84. The van der Waals surface area contributed by atoms with Crippen LogP contribution in [0.25, 0.3) is 0 Å². The average Bonchev–Trinajstić information content (AvgIpc) is 2.74. The highest BCUT2D eigenvalue weighted by atomic mass is 16.1. The fraction of sp³-hybridized carbons (Fsp3) is 0.800. The van der Waals surface area contributed by atoms with Crippen LogP contribution in [0.15, 0.2) is 17.2 Å². The van der Waals surface area contributed by atoms with E-state index in [4.69, 9.17) is 0 Å². The fourth-order valence-electron chi connectivity index (χ4n) is 2.98. The molecule has 2 atom stereocenters. The first kappa shape index (κ1) is 14.4. The van der Waals surface area contributed by atoms with E-state index in [1.807, 2.05) is 26.2 Å². The smallest absolute Gasteiger partial charge is 0.312 e. The van der Waals surface area contributed by atoms with Gasteiger partial charge in [-0.25, -0.2) is 4.79 Å². The zero-order valence-corrected chi connectivity index (χ0v) is 12.4. The Morgan fingerprint density at radius 2 is 2.05 bits per heavy atom. The minimum atomic E-state index is 0.105. The first-order valence-corrected chi connectivity index (χ1v) is 7.60. The van der Waals surface area contributed by atoms with Gasteiger partial charge < -0.3 is 5.32 Å². The highest BCUT2D eigenvalue weighted by Gasteiger charge is 2.20. The molecular weight excluding hydrogens is 238 g/mol. The third kappa shape index (κ3) is 3.50. The maximum absolute atomic E-state index is 12.1. The standard InChI is InChI=1S/C15H27N3O/c1-12(2)18-11-10-17(15(18)19)9-8-16-14-7-5-4-6-13(14)3/h10-14,16H,4-9H2,1-3H3. The Morgan fingerprint density at radius 1 is 1.32 bits per heavy atom. The molecule has 0 spiro atoms. The van der Waals surface area contributed by atoms with Crippen LogP contribution in [-0.2, 0) is 6.54 Å². The number of aromatic nitrogens is 2. The van der Waals surface area contributed by atoms with Crippen LogP contribution in [0.1, 0.15) is 52.5 Å². The Kier molecular flexibility index (Phi) is 4.86. The van der Waals surface area contributed by atoms with Gasteiger partial charge in [0.05, 0.1) is 0 Å². The quantitative estimate of drug-likeness (QED) is 0.888. The molecule has 2 unspecified atom stereocenters. The van der Waals surface area contributed by atoms with Crippen molar-refractivity contribution >= 4 is 0 Å². The molecule has 19 heavy (non-hydrogen) atoms. The van der Waals surface area contributed by atoms with Gasteiger partial charge in [0.25, 0.3) is 0 Å². The molecule has 1 aromatic heterocycles. The molecule has 0 radical (unpaired) electrons. The Bertz CT molecular complexity index is 446. The summed E-state index contributed by atoms with van der Waals surface area (Å²) in [5.41, 5.74) is 0.105. The van der Waals surface area contributed by atoms with Crippen molar-refractivity contribution in [2.24, 2.45) is 5.92 Å². The van der Waals surface area contributed by atoms with Gasteiger partial charge >= 0.3 is 5.69 Å². The molecule has 1 N–H and O–H groups in total. The molecule has 0 bridgehead atoms. The van der Waals surface area contributed by atoms with E-state index in [1.165, 1.54) is 25.7 Å². The summed E-state index contributed by atoms with van der Waals surface area (Å²) < 4.78 is 3.59. The van der Waals surface area contributed by atoms with Crippen molar-refractivity contribution in [2.75, 3.05) is 6.54 Å². The summed E-state index contributed by atoms with van der Waals surface area (Å²) >= 11 is 0. The van der Waals surface area contributed by atoms with E-state index < -0.39 is 0 Å². The van der Waals surface area contributed by atoms with Crippen LogP contribution in [0.2, 0.25) is 0 Å². The summed E-state index contributed by atoms with van der Waals surface area (Å²) in [4.78, 5) is 12.1. The van der Waals surface area contributed by atoms with Gasteiger partial charge in [0.1, 0.15) is 0 Å². The van der Waals surface area contributed by atoms with Gasteiger partial charge in [0.2, 0.25) is 0 Å². The molecule has 1 aliphatic carbocycles. The van der Waals surface area contributed by atoms with Crippen molar-refractivity contribution in [2.45, 2.75) is 65.1 Å². The summed E-state index contributed by atoms with van der Waals surface area (Å²) in [5, 5.41) is 3.62. The molecular formula is C15H27N3O. The summed E-state index contributed by atoms with van der Waals surface area (Å²) in [5.74, 6) is 0.769. The number of nitrogens with zero attached hydrogens (tertiary/aromatic N) is 2. The zero-order valence-electron chi connectivity index (χ0n) is 12.4. The average molecular weight is 265 g/mol. The van der Waals surface area contributed by atoms with Gasteiger partial charge in [-0.2, -0.15) is 0 Å². The zero-order chi connectivity index (χ0) is 13.8. The van der Waals surface area contributed by atoms with E-state index in [-0.39, 0.29) is 11.7 Å². The van der Waals surface area contributed by atoms with Crippen LogP contribution < -0.4 is 11.0 Å². The van der Waals surface area contributed by atoms with E-state index in [9.17, 15) is 4.79 Å². The molecule has 4 nitrogen and oxygen atoms in total.